The van der Waals surface area contributed by atoms with Crippen molar-refractivity contribution in [1.29, 1.82) is 0 Å². The van der Waals surface area contributed by atoms with E-state index in [1.807, 2.05) is 60.4 Å². The number of benzene rings is 2. The average molecular weight is 432 g/mol. The standard InChI is InChI=1S/C23H23F3N2O3/c1-16-6-5-9-18-19(16)22(10-12-28(13-11-22)31-21(30)23(24,25)26)15-27(20(18)29)14-17-7-3-2-4-8-17/h2-9H,10-15H2,1H3. The molecule has 0 unspecified atom stereocenters. The van der Waals surface area contributed by atoms with Gasteiger partial charge in [-0.15, -0.1) is 5.06 Å². The highest BCUT2D eigenvalue weighted by Gasteiger charge is 2.48. The molecule has 0 aromatic heterocycles. The Kier molecular flexibility index (Phi) is 5.51. The van der Waals surface area contributed by atoms with E-state index in [2.05, 4.69) is 4.84 Å². The Morgan fingerprint density at radius 1 is 1.06 bits per heavy atom. The average Bonchev–Trinajstić information content (AvgIpc) is 2.73. The van der Waals surface area contributed by atoms with Crippen molar-refractivity contribution in [3.8, 4) is 0 Å². The molecule has 2 aromatic carbocycles. The van der Waals surface area contributed by atoms with Crippen molar-refractivity contribution in [3.05, 3.63) is 70.8 Å². The van der Waals surface area contributed by atoms with Gasteiger partial charge in [-0.2, -0.15) is 13.2 Å². The molecule has 2 aliphatic rings. The fourth-order valence-electron chi connectivity index (χ4n) is 4.75. The minimum Gasteiger partial charge on any atom is -0.361 e. The van der Waals surface area contributed by atoms with E-state index >= 15 is 0 Å². The molecule has 2 heterocycles. The van der Waals surface area contributed by atoms with Gasteiger partial charge in [0.2, 0.25) is 0 Å². The minimum absolute atomic E-state index is 0.0425. The number of carbonyl (C=O) groups is 2. The maximum Gasteiger partial charge on any atom is 0.492 e. The minimum atomic E-state index is -5.03. The molecule has 2 aliphatic heterocycles. The van der Waals surface area contributed by atoms with Crippen LogP contribution in [0.15, 0.2) is 48.5 Å². The summed E-state index contributed by atoms with van der Waals surface area (Å²) in [5.41, 5.74) is 3.21. The van der Waals surface area contributed by atoms with Crippen molar-refractivity contribution in [2.24, 2.45) is 0 Å². The smallest absolute Gasteiger partial charge is 0.361 e. The predicted octanol–water partition coefficient (Wildman–Crippen LogP) is 4.01. The first kappa shape index (κ1) is 21.4. The third kappa shape index (κ3) is 4.17. The van der Waals surface area contributed by atoms with E-state index in [0.717, 1.165) is 21.8 Å². The zero-order valence-electron chi connectivity index (χ0n) is 17.1. The Labute approximate surface area is 178 Å². The number of piperidine rings is 1. The molecular weight excluding hydrogens is 409 g/mol. The van der Waals surface area contributed by atoms with Gasteiger partial charge in [-0.1, -0.05) is 42.5 Å². The lowest BCUT2D eigenvalue weighted by Crippen LogP contribution is -2.54. The van der Waals surface area contributed by atoms with E-state index < -0.39 is 17.6 Å². The first-order chi connectivity index (χ1) is 14.7. The van der Waals surface area contributed by atoms with Crippen LogP contribution in [0.2, 0.25) is 0 Å². The summed E-state index contributed by atoms with van der Waals surface area (Å²) in [5.74, 6) is -2.25. The van der Waals surface area contributed by atoms with Crippen molar-refractivity contribution in [1.82, 2.24) is 9.96 Å². The van der Waals surface area contributed by atoms with Gasteiger partial charge >= 0.3 is 12.1 Å². The van der Waals surface area contributed by atoms with E-state index in [-0.39, 0.29) is 19.0 Å². The van der Waals surface area contributed by atoms with Gasteiger partial charge in [0.25, 0.3) is 5.91 Å². The first-order valence-corrected chi connectivity index (χ1v) is 10.2. The molecule has 1 saturated heterocycles. The number of nitrogens with zero attached hydrogens (tertiary/aromatic N) is 2. The molecule has 0 N–H and O–H groups in total. The van der Waals surface area contributed by atoms with Crippen LogP contribution in [-0.2, 0) is 21.6 Å². The van der Waals surface area contributed by atoms with Crippen molar-refractivity contribution >= 4 is 11.9 Å². The quantitative estimate of drug-likeness (QED) is 0.736. The van der Waals surface area contributed by atoms with Crippen LogP contribution in [-0.4, -0.2) is 47.7 Å². The lowest BCUT2D eigenvalue weighted by atomic mass is 9.67. The largest absolute Gasteiger partial charge is 0.492 e. The van der Waals surface area contributed by atoms with E-state index in [1.54, 1.807) is 0 Å². The Morgan fingerprint density at radius 2 is 1.74 bits per heavy atom. The van der Waals surface area contributed by atoms with Gasteiger partial charge in [-0.25, -0.2) is 4.79 Å². The highest BCUT2D eigenvalue weighted by atomic mass is 19.4. The molecule has 164 valence electrons. The summed E-state index contributed by atoms with van der Waals surface area (Å²) in [5, 5.41) is 1.08. The molecule has 1 amide bonds. The third-order valence-electron chi connectivity index (χ3n) is 6.15. The Morgan fingerprint density at radius 3 is 2.39 bits per heavy atom. The fourth-order valence-corrected chi connectivity index (χ4v) is 4.75. The highest BCUT2D eigenvalue weighted by molar-refractivity contribution is 5.98. The normalized spacial score (nSPS) is 18.7. The van der Waals surface area contributed by atoms with Crippen LogP contribution in [0.4, 0.5) is 13.2 Å². The van der Waals surface area contributed by atoms with Gasteiger partial charge in [0.15, 0.2) is 0 Å². The molecule has 31 heavy (non-hydrogen) atoms. The maximum absolute atomic E-state index is 13.2. The second-order valence-corrected chi connectivity index (χ2v) is 8.23. The van der Waals surface area contributed by atoms with E-state index in [9.17, 15) is 22.8 Å². The van der Waals surface area contributed by atoms with E-state index in [0.29, 0.717) is 31.5 Å². The Bertz CT molecular complexity index is 983. The molecule has 0 aliphatic carbocycles. The zero-order chi connectivity index (χ0) is 22.2. The number of halogens is 3. The SMILES string of the molecule is Cc1cccc2c1C1(CCN(OC(=O)C(F)(F)F)CC1)CN(Cc1ccccc1)C2=O. The van der Waals surface area contributed by atoms with Crippen LogP contribution in [0.5, 0.6) is 0 Å². The van der Waals surface area contributed by atoms with Gasteiger partial charge in [-0.3, -0.25) is 4.79 Å². The van der Waals surface area contributed by atoms with Crippen LogP contribution in [0.1, 0.15) is 39.9 Å². The summed E-state index contributed by atoms with van der Waals surface area (Å²) < 4.78 is 37.7. The first-order valence-electron chi connectivity index (χ1n) is 10.2. The molecule has 1 spiro atoms. The van der Waals surface area contributed by atoms with Crippen molar-refractivity contribution in [2.45, 2.75) is 37.9 Å². The third-order valence-corrected chi connectivity index (χ3v) is 6.15. The molecule has 8 heteroatoms. The summed E-state index contributed by atoms with van der Waals surface area (Å²) in [6.45, 7) is 3.23. The van der Waals surface area contributed by atoms with Crippen LogP contribution in [0.3, 0.4) is 0 Å². The zero-order valence-corrected chi connectivity index (χ0v) is 17.1. The topological polar surface area (TPSA) is 49.9 Å². The van der Waals surface area contributed by atoms with Crippen LogP contribution < -0.4 is 0 Å². The van der Waals surface area contributed by atoms with Gasteiger partial charge in [0.05, 0.1) is 0 Å². The molecule has 5 nitrogen and oxygen atoms in total. The number of hydroxylamine groups is 2. The molecule has 0 radical (unpaired) electrons. The van der Waals surface area contributed by atoms with Crippen molar-refractivity contribution in [3.63, 3.8) is 0 Å². The number of hydrogen-bond donors (Lipinski definition) is 0. The second-order valence-electron chi connectivity index (χ2n) is 8.23. The lowest BCUT2D eigenvalue weighted by Gasteiger charge is -2.48. The van der Waals surface area contributed by atoms with Crippen LogP contribution >= 0.6 is 0 Å². The van der Waals surface area contributed by atoms with Crippen molar-refractivity contribution < 1.29 is 27.6 Å². The second kappa shape index (κ2) is 8.00. The highest BCUT2D eigenvalue weighted by Crippen LogP contribution is 2.44. The van der Waals surface area contributed by atoms with E-state index in [4.69, 9.17) is 0 Å². The monoisotopic (exact) mass is 432 g/mol. The van der Waals surface area contributed by atoms with Gasteiger partial charge in [0.1, 0.15) is 0 Å². The number of hydrogen-bond acceptors (Lipinski definition) is 4. The molecule has 0 bridgehead atoms. The number of amides is 1. The summed E-state index contributed by atoms with van der Waals surface area (Å²) >= 11 is 0. The maximum atomic E-state index is 13.2. The predicted molar refractivity (Wildman–Crippen MR) is 107 cm³/mol. The number of aryl methyl sites for hydroxylation is 1. The summed E-state index contributed by atoms with van der Waals surface area (Å²) in [4.78, 5) is 30.8. The number of alkyl halides is 3. The van der Waals surface area contributed by atoms with Crippen LogP contribution in [0, 0.1) is 6.92 Å². The number of fused-ring (bicyclic) bond motifs is 2. The number of rotatable bonds is 3. The van der Waals surface area contributed by atoms with Crippen LogP contribution in [0.25, 0.3) is 0 Å². The van der Waals surface area contributed by atoms with Gasteiger partial charge < -0.3 is 9.74 Å². The molecule has 4 rings (SSSR count). The summed E-state index contributed by atoms with van der Waals surface area (Å²) in [7, 11) is 0. The van der Waals surface area contributed by atoms with Crippen molar-refractivity contribution in [2.75, 3.05) is 19.6 Å². The van der Waals surface area contributed by atoms with E-state index in [1.165, 1.54) is 0 Å². The molecular formula is C23H23F3N2O3. The fraction of sp³-hybridized carbons (Fsp3) is 0.391. The Hall–Kier alpha value is -2.87. The molecule has 1 fully saturated rings. The summed E-state index contributed by atoms with van der Waals surface area (Å²) in [6.07, 6.45) is -4.06. The molecule has 0 atom stereocenters. The Balaban J connectivity index is 1.60. The summed E-state index contributed by atoms with van der Waals surface area (Å²) in [6, 6.07) is 15.3. The van der Waals surface area contributed by atoms with Gasteiger partial charge in [-0.05, 0) is 42.5 Å². The lowest BCUT2D eigenvalue weighted by molar-refractivity contribution is -0.243. The van der Waals surface area contributed by atoms with Gasteiger partial charge in [0, 0.05) is 37.2 Å². The molecule has 2 aromatic rings. The number of carbonyl (C=O) groups excluding carboxylic acids is 2. The molecule has 0 saturated carbocycles.